The van der Waals surface area contributed by atoms with Gasteiger partial charge in [-0.25, -0.2) is 0 Å². The monoisotopic (exact) mass is 1820 g/mol. The van der Waals surface area contributed by atoms with Crippen molar-refractivity contribution in [2.24, 2.45) is 20.0 Å². The van der Waals surface area contributed by atoms with Crippen LogP contribution in [0.5, 0.6) is 0 Å². The van der Waals surface area contributed by atoms with Crippen LogP contribution in [0.15, 0.2) is 20.0 Å². The largest absolute Gasteiger partial charge is 3.00 e. The van der Waals surface area contributed by atoms with E-state index in [-0.39, 0.29) is 131 Å². The fourth-order valence-corrected chi connectivity index (χ4v) is 47.5. The van der Waals surface area contributed by atoms with E-state index >= 15 is 0 Å². The van der Waals surface area contributed by atoms with E-state index in [2.05, 4.69) is 313 Å². The van der Waals surface area contributed by atoms with Gasteiger partial charge in [-0.05, 0) is 48.3 Å². The summed E-state index contributed by atoms with van der Waals surface area (Å²) in [6.07, 6.45) is 8.15. The third-order valence-electron chi connectivity index (χ3n) is 10.6. The van der Waals surface area contributed by atoms with E-state index in [9.17, 15) is 0 Å². The second kappa shape index (κ2) is 52.2. The normalized spacial score (nSPS) is 13.0. The van der Waals surface area contributed by atoms with Gasteiger partial charge in [0.15, 0.2) is 0 Å². The fraction of sp³-hybridized carbons (Fsp3) is 0.935. The zero-order valence-corrected chi connectivity index (χ0v) is 84.6. The van der Waals surface area contributed by atoms with Gasteiger partial charge >= 0.3 is 83.5 Å². The summed E-state index contributed by atoms with van der Waals surface area (Å²) in [6, 6.07) is 2.43. The summed E-state index contributed by atoms with van der Waals surface area (Å²) in [5, 5.41) is 19.2. The van der Waals surface area contributed by atoms with Crippen LogP contribution in [0, 0.1) is 83.5 Å². The van der Waals surface area contributed by atoms with E-state index in [1.165, 1.54) is 38.5 Å². The van der Waals surface area contributed by atoms with Crippen LogP contribution < -0.4 is 48.0 Å². The molecule has 86 heavy (non-hydrogen) atoms. The summed E-state index contributed by atoms with van der Waals surface area (Å²) in [6.45, 7) is 100. The molecule has 2 radical (unpaired) electrons. The average Bonchev–Trinajstić information content (AvgIpc) is 3.13. The first-order valence-corrected chi connectivity index (χ1v) is 60.2. The van der Waals surface area contributed by atoms with Crippen molar-refractivity contribution in [3.05, 3.63) is 21.3 Å². The third kappa shape index (κ3) is 60.7. The van der Waals surface area contributed by atoms with E-state index in [0.717, 1.165) is 23.8 Å². The van der Waals surface area contributed by atoms with Crippen LogP contribution in [0.3, 0.4) is 0 Å². The number of hydrogen-bond acceptors (Lipinski definition) is 4. The van der Waals surface area contributed by atoms with Crippen LogP contribution in [0.25, 0.3) is 21.3 Å². The van der Waals surface area contributed by atoms with Crippen LogP contribution >= 0.6 is 0 Å². The van der Waals surface area contributed by atoms with Crippen molar-refractivity contribution in [1.29, 1.82) is 0 Å². The molecule has 0 fully saturated rings. The maximum Gasteiger partial charge on any atom is 3.00 e. The molecule has 0 rings (SSSR count). The summed E-state index contributed by atoms with van der Waals surface area (Å²) in [7, 11) is -11.6. The summed E-state index contributed by atoms with van der Waals surface area (Å²) < 4.78 is 10.4. The van der Waals surface area contributed by atoms with Gasteiger partial charge in [-0.1, -0.05) is 334 Å². The fourth-order valence-electron chi connectivity index (χ4n) is 9.57. The Kier molecular flexibility index (Phi) is 67.0. The van der Waals surface area contributed by atoms with Crippen molar-refractivity contribution in [3.63, 3.8) is 0 Å². The number of aliphatic imine (C=N–C) groups is 4. The molecule has 0 bridgehead atoms. The smallest absolute Gasteiger partial charge is 1.00 e. The molecule has 0 atom stereocenters. The van der Waals surface area contributed by atoms with E-state index < -0.39 is 65.9 Å². The van der Waals surface area contributed by atoms with Crippen LogP contribution in [0.1, 0.15) is 177 Å². The first kappa shape index (κ1) is 110. The van der Waals surface area contributed by atoms with Crippen LogP contribution in [0.4, 0.5) is 0 Å². The molecular formula is C62H152Ce2I2N12Si8. The molecule has 24 heteroatoms. The number of guanidine groups is 4. The maximum atomic E-state index is 4.80. The molecular weight excluding hydrogens is 1670 g/mol. The van der Waals surface area contributed by atoms with Gasteiger partial charge in [0, 0.05) is 23.8 Å². The van der Waals surface area contributed by atoms with Gasteiger partial charge in [-0.2, -0.15) is 0 Å². The molecule has 0 saturated carbocycles. The molecule has 0 heterocycles. The van der Waals surface area contributed by atoms with Gasteiger partial charge in [0.1, 0.15) is 0 Å². The predicted octanol–water partition coefficient (Wildman–Crippen LogP) is 16.4. The van der Waals surface area contributed by atoms with E-state index in [4.69, 9.17) is 41.2 Å². The molecule has 0 aliphatic rings. The molecule has 0 amide bonds. The number of hydrogen-bond donors (Lipinski definition) is 0. The zero-order valence-electron chi connectivity index (χ0n) is 66.0. The van der Waals surface area contributed by atoms with Gasteiger partial charge in [0.25, 0.3) is 0 Å². The Morgan fingerprint density at radius 3 is 0.407 bits per heavy atom. The first-order valence-electron chi connectivity index (χ1n) is 32.6. The van der Waals surface area contributed by atoms with Gasteiger partial charge in [-0.3, -0.25) is 0 Å². The molecule has 0 N–H and O–H groups in total. The number of unbranched alkanes of at least 4 members (excludes halogenated alkanes) is 4. The third-order valence-corrected chi connectivity index (χ3v) is 39.0. The van der Waals surface area contributed by atoms with E-state index in [0.29, 0.717) is 48.3 Å². The Hall–Kier alpha value is 3.03. The summed E-state index contributed by atoms with van der Waals surface area (Å²) in [5.74, 6) is 3.99. The predicted molar refractivity (Wildman–Crippen MR) is 409 cm³/mol. The molecule has 0 saturated heterocycles. The average molecular weight is 1820 g/mol. The molecule has 0 aliphatic carbocycles. The van der Waals surface area contributed by atoms with Crippen molar-refractivity contribution >= 4 is 89.7 Å². The van der Waals surface area contributed by atoms with Crippen molar-refractivity contribution in [2.45, 2.75) is 382 Å². The summed E-state index contributed by atoms with van der Waals surface area (Å²) >= 11 is 0. The van der Waals surface area contributed by atoms with Gasteiger partial charge in [0.2, 0.25) is 0 Å². The van der Waals surface area contributed by atoms with Crippen molar-refractivity contribution < 1.29 is 131 Å². The number of nitrogens with zero attached hydrogens (tertiary/aromatic N) is 12. The number of halogens is 2. The topological polar surface area (TPSA) is 119 Å². The molecule has 0 spiro atoms. The SMILES string of the molecule is CC(C)N=C([N-]C(C)C)N([Si](C)(C)C)[Si](C)(C)C.CC(C)N=C([N-]C(C)C)N([Si](C)(C)C)[Si](C)(C)C.CC(C)N=C([N-]C(C)C)N([Si](C)(C)C)[Si](C)(C)C.CC(C)N=C([N-]C(C)C)N([Si](C)(C)C)[Si](C)(C)C.CCCCC.CCCCC.[Ce+3].[Ce+3].[I-].[I-]. The first-order chi connectivity index (χ1) is 36.2. The van der Waals surface area contributed by atoms with Crippen molar-refractivity contribution in [3.8, 4) is 0 Å². The van der Waals surface area contributed by atoms with Gasteiger partial charge in [0.05, 0.1) is 65.9 Å². The second-order valence-corrected chi connectivity index (χ2v) is 72.5. The van der Waals surface area contributed by atoms with Crippen LogP contribution in [-0.2, 0) is 0 Å². The second-order valence-electron chi connectivity index (χ2n) is 32.4. The minimum atomic E-state index is -1.45. The van der Waals surface area contributed by atoms with E-state index in [1.807, 2.05) is 0 Å². The van der Waals surface area contributed by atoms with E-state index in [1.54, 1.807) is 0 Å². The summed E-state index contributed by atoms with van der Waals surface area (Å²) in [5.41, 5.74) is 0. The molecule has 0 aromatic carbocycles. The Bertz CT molecular complexity index is 1450. The summed E-state index contributed by atoms with van der Waals surface area (Å²) in [4.78, 5) is 19.2. The van der Waals surface area contributed by atoms with Gasteiger partial charge < -0.3 is 106 Å². The minimum Gasteiger partial charge on any atom is -1.00 e. The Morgan fingerprint density at radius 2 is 0.360 bits per heavy atom. The Labute approximate surface area is 653 Å². The zero-order chi connectivity index (χ0) is 67.1. The van der Waals surface area contributed by atoms with Crippen LogP contribution in [-0.4, -0.2) is 155 Å². The Morgan fingerprint density at radius 1 is 0.256 bits per heavy atom. The molecule has 514 valence electrons. The molecule has 0 aromatic rings. The van der Waals surface area contributed by atoms with Crippen LogP contribution in [0.2, 0.25) is 157 Å². The quantitative estimate of drug-likeness (QED) is 0.0522. The maximum absolute atomic E-state index is 4.80. The molecule has 0 aromatic heterocycles. The standard InChI is InChI=1S/4C13H32N3Si2.2C5H12.2Ce.2HI/c4*1-11(2)14-13(15-12(3)4)16(17(5,6)7)18(8,9)10;2*1-3-5-4-2;;;;/h4*11-12H,1-10H3;2*3-5H2,1-2H3;;;2*1H/q4*-1;;;2*+3;;/p-2. The van der Waals surface area contributed by atoms with Gasteiger partial charge in [-0.15, -0.1) is 0 Å². The minimum absolute atomic E-state index is 0. The molecule has 12 nitrogen and oxygen atoms in total. The Balaban J connectivity index is -0.000000104. The molecule has 0 aliphatic heterocycles. The van der Waals surface area contributed by atoms with Crippen molar-refractivity contribution in [1.82, 2.24) is 16.9 Å². The molecule has 0 unspecified atom stereocenters. The van der Waals surface area contributed by atoms with Crippen molar-refractivity contribution in [2.75, 3.05) is 0 Å². The number of rotatable bonds is 20.